The van der Waals surface area contributed by atoms with E-state index in [1.54, 1.807) is 12.4 Å². The SMILES string of the molecule is c1cnn(OCCCN2CCOCC2)c1. The molecule has 1 aliphatic heterocycles. The summed E-state index contributed by atoms with van der Waals surface area (Å²) in [4.78, 5) is 9.28. The normalized spacial score (nSPS) is 17.9. The molecule has 5 heteroatoms. The summed E-state index contributed by atoms with van der Waals surface area (Å²) in [6, 6.07) is 1.85. The van der Waals surface area contributed by atoms with Gasteiger partial charge in [-0.2, -0.15) is 0 Å². The average molecular weight is 211 g/mol. The molecule has 1 aliphatic rings. The molecule has 0 unspecified atom stereocenters. The van der Waals surface area contributed by atoms with Gasteiger partial charge in [-0.1, -0.05) is 0 Å². The molecule has 0 radical (unpaired) electrons. The molecule has 1 aromatic heterocycles. The van der Waals surface area contributed by atoms with Crippen LogP contribution in [-0.4, -0.2) is 54.3 Å². The third-order valence-electron chi connectivity index (χ3n) is 2.43. The molecule has 0 atom stereocenters. The second-order valence-corrected chi connectivity index (χ2v) is 3.55. The Labute approximate surface area is 89.5 Å². The second-order valence-electron chi connectivity index (χ2n) is 3.55. The first kappa shape index (κ1) is 10.4. The Morgan fingerprint density at radius 1 is 1.33 bits per heavy atom. The van der Waals surface area contributed by atoms with Gasteiger partial charge in [0.1, 0.15) is 6.61 Å². The van der Waals surface area contributed by atoms with Gasteiger partial charge in [-0.15, -0.1) is 9.94 Å². The van der Waals surface area contributed by atoms with Gasteiger partial charge in [-0.05, 0) is 12.5 Å². The highest BCUT2D eigenvalue weighted by Crippen LogP contribution is 1.97. The van der Waals surface area contributed by atoms with E-state index in [1.807, 2.05) is 6.07 Å². The fourth-order valence-electron chi connectivity index (χ4n) is 1.60. The minimum Gasteiger partial charge on any atom is -0.397 e. The zero-order valence-corrected chi connectivity index (χ0v) is 8.84. The second kappa shape index (κ2) is 5.72. The van der Waals surface area contributed by atoms with Crippen molar-refractivity contribution in [3.63, 3.8) is 0 Å². The van der Waals surface area contributed by atoms with Crippen molar-refractivity contribution in [2.75, 3.05) is 39.5 Å². The summed E-state index contributed by atoms with van der Waals surface area (Å²) in [5.74, 6) is 0. The molecular formula is C10H17N3O2. The molecule has 0 bridgehead atoms. The maximum Gasteiger partial charge on any atom is 0.118 e. The Kier molecular flexibility index (Phi) is 3.99. The van der Waals surface area contributed by atoms with Crippen LogP contribution < -0.4 is 4.84 Å². The summed E-state index contributed by atoms with van der Waals surface area (Å²) in [7, 11) is 0. The Hall–Kier alpha value is -1.07. The fraction of sp³-hybridized carbons (Fsp3) is 0.700. The summed E-state index contributed by atoms with van der Waals surface area (Å²) in [5.41, 5.74) is 0. The summed E-state index contributed by atoms with van der Waals surface area (Å²) in [5, 5.41) is 3.96. The molecule has 15 heavy (non-hydrogen) atoms. The molecule has 0 aromatic carbocycles. The van der Waals surface area contributed by atoms with Crippen LogP contribution in [0, 0.1) is 0 Å². The van der Waals surface area contributed by atoms with Gasteiger partial charge in [0.15, 0.2) is 0 Å². The van der Waals surface area contributed by atoms with Gasteiger partial charge >= 0.3 is 0 Å². The van der Waals surface area contributed by atoms with E-state index in [2.05, 4.69) is 10.00 Å². The zero-order chi connectivity index (χ0) is 10.3. The third-order valence-corrected chi connectivity index (χ3v) is 2.43. The molecule has 1 saturated heterocycles. The Bertz CT molecular complexity index is 258. The molecule has 0 N–H and O–H groups in total. The van der Waals surface area contributed by atoms with E-state index in [4.69, 9.17) is 9.57 Å². The minimum absolute atomic E-state index is 0.707. The highest BCUT2D eigenvalue weighted by atomic mass is 16.7. The molecule has 2 heterocycles. The van der Waals surface area contributed by atoms with Gasteiger partial charge in [0.25, 0.3) is 0 Å². The molecule has 0 amide bonds. The van der Waals surface area contributed by atoms with Crippen molar-refractivity contribution >= 4 is 0 Å². The number of rotatable bonds is 5. The summed E-state index contributed by atoms with van der Waals surface area (Å²) < 4.78 is 5.28. The average Bonchev–Trinajstić information content (AvgIpc) is 2.79. The van der Waals surface area contributed by atoms with Crippen molar-refractivity contribution in [1.82, 2.24) is 14.8 Å². The third kappa shape index (κ3) is 3.53. The van der Waals surface area contributed by atoms with E-state index in [0.29, 0.717) is 6.61 Å². The van der Waals surface area contributed by atoms with Crippen molar-refractivity contribution in [1.29, 1.82) is 0 Å². The maximum absolute atomic E-state index is 5.38. The lowest BCUT2D eigenvalue weighted by Crippen LogP contribution is -2.37. The smallest absolute Gasteiger partial charge is 0.118 e. The van der Waals surface area contributed by atoms with Crippen LogP contribution in [0.5, 0.6) is 0 Å². The topological polar surface area (TPSA) is 39.5 Å². The van der Waals surface area contributed by atoms with Gasteiger partial charge in [0, 0.05) is 19.6 Å². The first-order valence-electron chi connectivity index (χ1n) is 5.38. The van der Waals surface area contributed by atoms with Gasteiger partial charge in [0.05, 0.1) is 25.6 Å². The largest absolute Gasteiger partial charge is 0.397 e. The molecule has 84 valence electrons. The molecule has 1 aromatic rings. The fourth-order valence-corrected chi connectivity index (χ4v) is 1.60. The van der Waals surface area contributed by atoms with Crippen LogP contribution in [0.4, 0.5) is 0 Å². The lowest BCUT2D eigenvalue weighted by atomic mass is 10.3. The number of ether oxygens (including phenoxy) is 1. The predicted octanol–water partition coefficient (Wildman–Crippen LogP) is 0.0340. The standard InChI is InChI=1S/C10H17N3O2/c1-3-11-13(5-1)15-8-2-4-12-6-9-14-10-7-12/h1,3,5H,2,4,6-10H2. The monoisotopic (exact) mass is 211 g/mol. The Balaban J connectivity index is 1.54. The number of aromatic nitrogens is 2. The van der Waals surface area contributed by atoms with Crippen LogP contribution in [0.1, 0.15) is 6.42 Å². The minimum atomic E-state index is 0.707. The molecule has 5 nitrogen and oxygen atoms in total. The van der Waals surface area contributed by atoms with E-state index in [9.17, 15) is 0 Å². The van der Waals surface area contributed by atoms with Crippen LogP contribution in [0.15, 0.2) is 18.5 Å². The van der Waals surface area contributed by atoms with Crippen LogP contribution >= 0.6 is 0 Å². The molecule has 0 spiro atoms. The predicted molar refractivity (Wildman–Crippen MR) is 55.6 cm³/mol. The molecule has 2 rings (SSSR count). The first-order chi connectivity index (χ1) is 7.45. The molecular weight excluding hydrogens is 194 g/mol. The quantitative estimate of drug-likeness (QED) is 0.644. The first-order valence-corrected chi connectivity index (χ1v) is 5.38. The van der Waals surface area contributed by atoms with Crippen LogP contribution in [0.25, 0.3) is 0 Å². The van der Waals surface area contributed by atoms with Crippen molar-refractivity contribution in [3.05, 3.63) is 18.5 Å². The van der Waals surface area contributed by atoms with E-state index < -0.39 is 0 Å². The highest BCUT2D eigenvalue weighted by Gasteiger charge is 2.09. The van der Waals surface area contributed by atoms with Crippen LogP contribution in [0.3, 0.4) is 0 Å². The van der Waals surface area contributed by atoms with E-state index in [1.165, 1.54) is 4.85 Å². The Morgan fingerprint density at radius 2 is 2.20 bits per heavy atom. The molecule has 1 fully saturated rings. The summed E-state index contributed by atoms with van der Waals surface area (Å²) in [6.45, 7) is 5.59. The van der Waals surface area contributed by atoms with E-state index in [-0.39, 0.29) is 0 Å². The van der Waals surface area contributed by atoms with Crippen molar-refractivity contribution in [3.8, 4) is 0 Å². The van der Waals surface area contributed by atoms with Gasteiger partial charge in [0.2, 0.25) is 0 Å². The van der Waals surface area contributed by atoms with Gasteiger partial charge in [-0.25, -0.2) is 0 Å². The van der Waals surface area contributed by atoms with Crippen molar-refractivity contribution in [2.45, 2.75) is 6.42 Å². The van der Waals surface area contributed by atoms with E-state index >= 15 is 0 Å². The van der Waals surface area contributed by atoms with Crippen LogP contribution in [-0.2, 0) is 4.74 Å². The molecule has 0 aliphatic carbocycles. The number of hydrogen-bond donors (Lipinski definition) is 0. The lowest BCUT2D eigenvalue weighted by Gasteiger charge is -2.26. The zero-order valence-electron chi connectivity index (χ0n) is 8.84. The number of morpholine rings is 1. The number of nitrogens with zero attached hydrogens (tertiary/aromatic N) is 3. The van der Waals surface area contributed by atoms with Crippen molar-refractivity contribution in [2.24, 2.45) is 0 Å². The van der Waals surface area contributed by atoms with Crippen LogP contribution in [0.2, 0.25) is 0 Å². The van der Waals surface area contributed by atoms with Gasteiger partial charge < -0.3 is 9.57 Å². The summed E-state index contributed by atoms with van der Waals surface area (Å²) in [6.07, 6.45) is 4.54. The summed E-state index contributed by atoms with van der Waals surface area (Å²) >= 11 is 0. The molecule has 0 saturated carbocycles. The highest BCUT2D eigenvalue weighted by molar-refractivity contribution is 4.75. The van der Waals surface area contributed by atoms with E-state index in [0.717, 1.165) is 39.3 Å². The van der Waals surface area contributed by atoms with Crippen molar-refractivity contribution < 1.29 is 9.57 Å². The maximum atomic E-state index is 5.38. The number of hydrogen-bond acceptors (Lipinski definition) is 4. The Morgan fingerprint density at radius 3 is 2.93 bits per heavy atom. The van der Waals surface area contributed by atoms with Gasteiger partial charge in [-0.3, -0.25) is 4.90 Å². The lowest BCUT2D eigenvalue weighted by molar-refractivity contribution is 0.0278.